The summed E-state index contributed by atoms with van der Waals surface area (Å²) < 4.78 is 5.26. The first-order valence-corrected chi connectivity index (χ1v) is 8.82. The Morgan fingerprint density at radius 2 is 1.83 bits per heavy atom. The zero-order valence-electron chi connectivity index (χ0n) is 16.3. The van der Waals surface area contributed by atoms with Crippen LogP contribution < -0.4 is 10.6 Å². The van der Waals surface area contributed by atoms with E-state index in [0.29, 0.717) is 12.0 Å². The van der Waals surface area contributed by atoms with Gasteiger partial charge in [0.1, 0.15) is 5.76 Å². The molecule has 0 saturated carbocycles. The largest absolute Gasteiger partial charge is 0.361 e. The van der Waals surface area contributed by atoms with E-state index in [-0.39, 0.29) is 24.0 Å². The second-order valence-corrected chi connectivity index (χ2v) is 6.88. The van der Waals surface area contributed by atoms with Crippen molar-refractivity contribution in [2.24, 2.45) is 10.9 Å². The van der Waals surface area contributed by atoms with Gasteiger partial charge < -0.3 is 15.2 Å². The number of aromatic nitrogens is 1. The normalized spacial score (nSPS) is 14.2. The maximum absolute atomic E-state index is 5.26. The molecule has 0 bridgehead atoms. The maximum atomic E-state index is 5.26. The Morgan fingerprint density at radius 3 is 2.33 bits per heavy atom. The molecular formula is C18H35IN4O. The van der Waals surface area contributed by atoms with Crippen LogP contribution in [0.2, 0.25) is 0 Å². The van der Waals surface area contributed by atoms with Crippen LogP contribution in [0.3, 0.4) is 0 Å². The molecule has 0 aliphatic carbocycles. The van der Waals surface area contributed by atoms with Gasteiger partial charge in [-0.25, -0.2) is 0 Å². The van der Waals surface area contributed by atoms with E-state index in [1.54, 1.807) is 0 Å². The van der Waals surface area contributed by atoms with Gasteiger partial charge in [0.2, 0.25) is 0 Å². The Bertz CT molecular complexity index is 480. The molecule has 0 radical (unpaired) electrons. The summed E-state index contributed by atoms with van der Waals surface area (Å²) in [6.45, 7) is 16.5. The molecule has 2 N–H and O–H groups in total. The standard InChI is InChI=1S/C18H34N4O.HI/c1-8-19-18(21-14(5)10-9-12(2)3)20-11-13(4)17-15(6)22-23-16(17)7;/h12-14H,8-11H2,1-7H3,(H2,19,20,21);1H. The average molecular weight is 450 g/mol. The van der Waals surface area contributed by atoms with E-state index >= 15 is 0 Å². The molecule has 1 rings (SSSR count). The van der Waals surface area contributed by atoms with Crippen LogP contribution in [-0.2, 0) is 0 Å². The molecule has 5 nitrogen and oxygen atoms in total. The number of hydrogen-bond acceptors (Lipinski definition) is 3. The number of guanidine groups is 1. The third kappa shape index (κ3) is 7.85. The zero-order chi connectivity index (χ0) is 17.4. The van der Waals surface area contributed by atoms with Gasteiger partial charge in [-0.15, -0.1) is 24.0 Å². The highest BCUT2D eigenvalue weighted by Crippen LogP contribution is 2.23. The fraction of sp³-hybridized carbons (Fsp3) is 0.778. The zero-order valence-corrected chi connectivity index (χ0v) is 18.6. The van der Waals surface area contributed by atoms with Crippen LogP contribution in [0.4, 0.5) is 0 Å². The van der Waals surface area contributed by atoms with Crippen molar-refractivity contribution in [3.63, 3.8) is 0 Å². The molecule has 2 atom stereocenters. The first-order valence-electron chi connectivity index (χ1n) is 8.82. The number of halogens is 1. The van der Waals surface area contributed by atoms with Crippen molar-refractivity contribution in [3.05, 3.63) is 17.0 Å². The summed E-state index contributed by atoms with van der Waals surface area (Å²) >= 11 is 0. The minimum Gasteiger partial charge on any atom is -0.361 e. The molecule has 1 aromatic rings. The van der Waals surface area contributed by atoms with Crippen molar-refractivity contribution in [1.29, 1.82) is 0 Å². The van der Waals surface area contributed by atoms with Crippen LogP contribution >= 0.6 is 24.0 Å². The molecule has 0 aliphatic heterocycles. The van der Waals surface area contributed by atoms with E-state index in [1.807, 2.05) is 13.8 Å². The molecule has 0 aliphatic rings. The monoisotopic (exact) mass is 450 g/mol. The summed E-state index contributed by atoms with van der Waals surface area (Å²) in [6.07, 6.45) is 2.38. The maximum Gasteiger partial charge on any atom is 0.191 e. The molecule has 1 heterocycles. The average Bonchev–Trinajstić information content (AvgIpc) is 2.81. The molecule has 0 fully saturated rings. The summed E-state index contributed by atoms with van der Waals surface area (Å²) in [4.78, 5) is 4.74. The van der Waals surface area contributed by atoms with Gasteiger partial charge in [0.15, 0.2) is 5.96 Å². The third-order valence-electron chi connectivity index (χ3n) is 4.01. The van der Waals surface area contributed by atoms with Crippen LogP contribution in [-0.4, -0.2) is 30.2 Å². The Hall–Kier alpha value is -0.790. The van der Waals surface area contributed by atoms with E-state index < -0.39 is 0 Å². The van der Waals surface area contributed by atoms with Gasteiger partial charge in [0.05, 0.1) is 5.69 Å². The quantitative estimate of drug-likeness (QED) is 0.350. The van der Waals surface area contributed by atoms with E-state index in [0.717, 1.165) is 42.8 Å². The lowest BCUT2D eigenvalue weighted by Gasteiger charge is -2.19. The SMILES string of the molecule is CCNC(=NCC(C)c1c(C)noc1C)NC(C)CCC(C)C.I. The lowest BCUT2D eigenvalue weighted by Crippen LogP contribution is -2.42. The fourth-order valence-electron chi connectivity index (χ4n) is 2.72. The number of aliphatic imine (C=N–C) groups is 1. The Labute approximate surface area is 164 Å². The van der Waals surface area contributed by atoms with Gasteiger partial charge in [-0.3, -0.25) is 4.99 Å². The Morgan fingerprint density at radius 1 is 1.17 bits per heavy atom. The molecule has 24 heavy (non-hydrogen) atoms. The molecule has 6 heteroatoms. The topological polar surface area (TPSA) is 62.5 Å². The smallest absolute Gasteiger partial charge is 0.191 e. The van der Waals surface area contributed by atoms with Crippen LogP contribution in [0, 0.1) is 19.8 Å². The summed E-state index contributed by atoms with van der Waals surface area (Å²) in [5, 5.41) is 10.9. The highest BCUT2D eigenvalue weighted by Gasteiger charge is 2.16. The predicted octanol–water partition coefficient (Wildman–Crippen LogP) is 4.39. The number of nitrogens with one attached hydrogen (secondary N) is 2. The first kappa shape index (κ1) is 23.2. The molecule has 0 aromatic carbocycles. The van der Waals surface area contributed by atoms with Gasteiger partial charge in [0, 0.05) is 30.6 Å². The lowest BCUT2D eigenvalue weighted by molar-refractivity contribution is 0.391. The summed E-state index contributed by atoms with van der Waals surface area (Å²) in [5.74, 6) is 2.82. The van der Waals surface area contributed by atoms with Crippen molar-refractivity contribution in [2.45, 2.75) is 73.3 Å². The van der Waals surface area contributed by atoms with Crippen molar-refractivity contribution in [1.82, 2.24) is 15.8 Å². The van der Waals surface area contributed by atoms with Crippen molar-refractivity contribution >= 4 is 29.9 Å². The van der Waals surface area contributed by atoms with Crippen LogP contribution in [0.5, 0.6) is 0 Å². The summed E-state index contributed by atoms with van der Waals surface area (Å²) in [7, 11) is 0. The molecule has 2 unspecified atom stereocenters. The van der Waals surface area contributed by atoms with Gasteiger partial charge in [-0.1, -0.05) is 25.9 Å². The van der Waals surface area contributed by atoms with E-state index in [9.17, 15) is 0 Å². The number of nitrogens with zero attached hydrogens (tertiary/aromatic N) is 2. The van der Waals surface area contributed by atoms with Crippen LogP contribution in [0.15, 0.2) is 9.52 Å². The molecule has 140 valence electrons. The van der Waals surface area contributed by atoms with E-state index in [4.69, 9.17) is 9.52 Å². The van der Waals surface area contributed by atoms with E-state index in [1.165, 1.54) is 12.0 Å². The van der Waals surface area contributed by atoms with E-state index in [2.05, 4.69) is 50.4 Å². The fourth-order valence-corrected chi connectivity index (χ4v) is 2.72. The van der Waals surface area contributed by atoms with Crippen LogP contribution in [0.25, 0.3) is 0 Å². The minimum atomic E-state index is 0. The minimum absolute atomic E-state index is 0. The van der Waals surface area contributed by atoms with Crippen molar-refractivity contribution < 1.29 is 4.52 Å². The number of hydrogen-bond donors (Lipinski definition) is 2. The van der Waals surface area contributed by atoms with Gasteiger partial charge in [0.25, 0.3) is 0 Å². The summed E-state index contributed by atoms with van der Waals surface area (Å²) in [6, 6.07) is 0.421. The van der Waals surface area contributed by atoms with Gasteiger partial charge >= 0.3 is 0 Å². The third-order valence-corrected chi connectivity index (χ3v) is 4.01. The molecule has 0 amide bonds. The highest BCUT2D eigenvalue weighted by molar-refractivity contribution is 14.0. The molecular weight excluding hydrogens is 415 g/mol. The number of rotatable bonds is 8. The Kier molecular flexibility index (Phi) is 11.3. The predicted molar refractivity (Wildman–Crippen MR) is 112 cm³/mol. The van der Waals surface area contributed by atoms with Crippen LogP contribution in [0.1, 0.15) is 70.4 Å². The molecule has 0 saturated heterocycles. The summed E-state index contributed by atoms with van der Waals surface area (Å²) in [5.41, 5.74) is 2.14. The Balaban J connectivity index is 0.00000529. The lowest BCUT2D eigenvalue weighted by atomic mass is 10.00. The highest BCUT2D eigenvalue weighted by atomic mass is 127. The molecule has 0 spiro atoms. The second-order valence-electron chi connectivity index (χ2n) is 6.88. The first-order chi connectivity index (χ1) is 10.8. The van der Waals surface area contributed by atoms with Crippen molar-refractivity contribution in [2.75, 3.05) is 13.1 Å². The molecule has 1 aromatic heterocycles. The van der Waals surface area contributed by atoms with Gasteiger partial charge in [-0.05, 0) is 46.5 Å². The van der Waals surface area contributed by atoms with Gasteiger partial charge in [-0.2, -0.15) is 0 Å². The second kappa shape index (κ2) is 11.7. The number of aryl methyl sites for hydroxylation is 2. The van der Waals surface area contributed by atoms with Crippen molar-refractivity contribution in [3.8, 4) is 0 Å².